The molecular formula is C15H16N2O2. The van der Waals surface area contributed by atoms with E-state index in [2.05, 4.69) is 5.32 Å². The highest BCUT2D eigenvalue weighted by atomic mass is 16.3. The zero-order chi connectivity index (χ0) is 13.8. The first kappa shape index (κ1) is 13.1. The second-order valence-electron chi connectivity index (χ2n) is 4.34. The number of benzene rings is 2. The molecule has 0 aliphatic rings. The van der Waals surface area contributed by atoms with Crippen molar-refractivity contribution in [3.8, 4) is 5.75 Å². The normalized spacial score (nSPS) is 10.2. The summed E-state index contributed by atoms with van der Waals surface area (Å²) in [5.41, 5.74) is 8.25. The molecule has 0 fully saturated rings. The van der Waals surface area contributed by atoms with E-state index in [1.54, 1.807) is 30.3 Å². The molecule has 4 N–H and O–H groups in total. The first-order valence-corrected chi connectivity index (χ1v) is 6.00. The minimum Gasteiger partial charge on any atom is -0.506 e. The molecule has 0 bridgehead atoms. The number of aryl methyl sites for hydroxylation is 1. The summed E-state index contributed by atoms with van der Waals surface area (Å²) in [7, 11) is 0. The Morgan fingerprint density at radius 1 is 1.26 bits per heavy atom. The van der Waals surface area contributed by atoms with Crippen LogP contribution in [0.4, 0.5) is 5.69 Å². The molecule has 0 saturated heterocycles. The van der Waals surface area contributed by atoms with Crippen LogP contribution in [0, 0.1) is 6.92 Å². The molecule has 0 heterocycles. The third kappa shape index (κ3) is 2.92. The van der Waals surface area contributed by atoms with Gasteiger partial charge in [-0.1, -0.05) is 24.3 Å². The Morgan fingerprint density at radius 3 is 2.74 bits per heavy atom. The van der Waals surface area contributed by atoms with Crippen molar-refractivity contribution in [2.24, 2.45) is 5.73 Å². The number of carbonyl (C=O) groups is 1. The Labute approximate surface area is 111 Å². The standard InChI is InChI=1S/C15H16N2O2/c1-10-6-7-14(18)13(8-10)17-15(19)12-5-3-2-4-11(12)9-16/h2-8,18H,9,16H2,1H3,(H,17,19). The summed E-state index contributed by atoms with van der Waals surface area (Å²) in [6.45, 7) is 2.19. The SMILES string of the molecule is Cc1ccc(O)c(NC(=O)c2ccccc2CN)c1. The van der Waals surface area contributed by atoms with Crippen molar-refractivity contribution in [3.63, 3.8) is 0 Å². The molecule has 19 heavy (non-hydrogen) atoms. The van der Waals surface area contributed by atoms with E-state index < -0.39 is 0 Å². The molecular weight excluding hydrogens is 240 g/mol. The third-order valence-corrected chi connectivity index (χ3v) is 2.88. The lowest BCUT2D eigenvalue weighted by Crippen LogP contribution is -2.15. The summed E-state index contributed by atoms with van der Waals surface area (Å²) in [5.74, 6) is -0.230. The smallest absolute Gasteiger partial charge is 0.256 e. The van der Waals surface area contributed by atoms with Gasteiger partial charge >= 0.3 is 0 Å². The van der Waals surface area contributed by atoms with Gasteiger partial charge in [-0.3, -0.25) is 4.79 Å². The summed E-state index contributed by atoms with van der Waals surface area (Å²) in [4.78, 5) is 12.2. The van der Waals surface area contributed by atoms with Gasteiger partial charge in [-0.25, -0.2) is 0 Å². The number of hydrogen-bond donors (Lipinski definition) is 3. The predicted molar refractivity (Wildman–Crippen MR) is 75.1 cm³/mol. The monoisotopic (exact) mass is 256 g/mol. The molecule has 2 aromatic carbocycles. The Kier molecular flexibility index (Phi) is 3.82. The van der Waals surface area contributed by atoms with Crippen LogP contribution in [-0.2, 0) is 6.54 Å². The van der Waals surface area contributed by atoms with E-state index in [9.17, 15) is 9.90 Å². The Hall–Kier alpha value is -2.33. The number of amides is 1. The zero-order valence-electron chi connectivity index (χ0n) is 10.7. The van der Waals surface area contributed by atoms with Gasteiger partial charge in [-0.05, 0) is 36.2 Å². The Bertz CT molecular complexity index is 609. The van der Waals surface area contributed by atoms with Gasteiger partial charge in [0.15, 0.2) is 0 Å². The molecule has 1 amide bonds. The number of anilines is 1. The number of phenolic OH excluding ortho intramolecular Hbond substituents is 1. The van der Waals surface area contributed by atoms with Crippen molar-refractivity contribution in [2.45, 2.75) is 13.5 Å². The van der Waals surface area contributed by atoms with Crippen LogP contribution in [0.15, 0.2) is 42.5 Å². The van der Waals surface area contributed by atoms with E-state index in [-0.39, 0.29) is 11.7 Å². The second kappa shape index (κ2) is 5.54. The number of phenols is 1. The first-order chi connectivity index (χ1) is 9.11. The molecule has 0 saturated carbocycles. The highest BCUT2D eigenvalue weighted by Crippen LogP contribution is 2.24. The van der Waals surface area contributed by atoms with Crippen molar-refractivity contribution >= 4 is 11.6 Å². The van der Waals surface area contributed by atoms with Crippen LogP contribution in [0.2, 0.25) is 0 Å². The van der Waals surface area contributed by atoms with Crippen LogP contribution in [0.5, 0.6) is 5.75 Å². The maximum Gasteiger partial charge on any atom is 0.256 e. The van der Waals surface area contributed by atoms with E-state index in [0.717, 1.165) is 11.1 Å². The van der Waals surface area contributed by atoms with E-state index in [4.69, 9.17) is 5.73 Å². The maximum absolute atomic E-state index is 12.2. The number of hydrogen-bond acceptors (Lipinski definition) is 3. The molecule has 4 heteroatoms. The fourth-order valence-electron chi connectivity index (χ4n) is 1.86. The van der Waals surface area contributed by atoms with Crippen LogP contribution in [0.3, 0.4) is 0 Å². The quantitative estimate of drug-likeness (QED) is 0.738. The van der Waals surface area contributed by atoms with Gasteiger partial charge < -0.3 is 16.2 Å². The molecule has 2 aromatic rings. The van der Waals surface area contributed by atoms with Crippen LogP contribution < -0.4 is 11.1 Å². The lowest BCUT2D eigenvalue weighted by Gasteiger charge is -2.10. The molecule has 0 aliphatic heterocycles. The van der Waals surface area contributed by atoms with Gasteiger partial charge in [-0.2, -0.15) is 0 Å². The van der Waals surface area contributed by atoms with Crippen LogP contribution in [-0.4, -0.2) is 11.0 Å². The van der Waals surface area contributed by atoms with Crippen LogP contribution in [0.25, 0.3) is 0 Å². The van der Waals surface area contributed by atoms with Crippen molar-refractivity contribution in [1.29, 1.82) is 0 Å². The second-order valence-corrected chi connectivity index (χ2v) is 4.34. The average molecular weight is 256 g/mol. The molecule has 0 radical (unpaired) electrons. The highest BCUT2D eigenvalue weighted by molar-refractivity contribution is 6.06. The summed E-state index contributed by atoms with van der Waals surface area (Å²) in [5, 5.41) is 12.4. The van der Waals surface area contributed by atoms with Crippen molar-refractivity contribution in [1.82, 2.24) is 0 Å². The molecule has 98 valence electrons. The molecule has 0 aromatic heterocycles. The van der Waals surface area contributed by atoms with E-state index in [1.807, 2.05) is 19.1 Å². The number of nitrogens with two attached hydrogens (primary N) is 1. The molecule has 2 rings (SSSR count). The van der Waals surface area contributed by atoms with Gasteiger partial charge in [0.05, 0.1) is 5.69 Å². The van der Waals surface area contributed by atoms with Gasteiger partial charge in [0.1, 0.15) is 5.75 Å². The van der Waals surface area contributed by atoms with Gasteiger partial charge in [-0.15, -0.1) is 0 Å². The number of rotatable bonds is 3. The van der Waals surface area contributed by atoms with E-state index in [1.165, 1.54) is 0 Å². The minimum absolute atomic E-state index is 0.0455. The highest BCUT2D eigenvalue weighted by Gasteiger charge is 2.12. The Morgan fingerprint density at radius 2 is 2.00 bits per heavy atom. The van der Waals surface area contributed by atoms with Crippen LogP contribution >= 0.6 is 0 Å². The van der Waals surface area contributed by atoms with Gasteiger partial charge in [0.2, 0.25) is 0 Å². The largest absolute Gasteiger partial charge is 0.506 e. The summed E-state index contributed by atoms with van der Waals surface area (Å²) >= 11 is 0. The lowest BCUT2D eigenvalue weighted by atomic mass is 10.1. The fourth-order valence-corrected chi connectivity index (χ4v) is 1.86. The number of carbonyl (C=O) groups excluding carboxylic acids is 1. The summed E-state index contributed by atoms with van der Waals surface area (Å²) in [6, 6.07) is 12.2. The molecule has 0 unspecified atom stereocenters. The van der Waals surface area contributed by atoms with E-state index in [0.29, 0.717) is 17.8 Å². The Balaban J connectivity index is 2.28. The molecule has 4 nitrogen and oxygen atoms in total. The van der Waals surface area contributed by atoms with Crippen molar-refractivity contribution < 1.29 is 9.90 Å². The van der Waals surface area contributed by atoms with Crippen molar-refractivity contribution in [3.05, 3.63) is 59.2 Å². The predicted octanol–water partition coefficient (Wildman–Crippen LogP) is 2.41. The molecule has 0 aliphatic carbocycles. The lowest BCUT2D eigenvalue weighted by molar-refractivity contribution is 0.102. The van der Waals surface area contributed by atoms with Crippen molar-refractivity contribution in [2.75, 3.05) is 5.32 Å². The third-order valence-electron chi connectivity index (χ3n) is 2.88. The maximum atomic E-state index is 12.2. The summed E-state index contributed by atoms with van der Waals surface area (Å²) in [6.07, 6.45) is 0. The minimum atomic E-state index is -0.276. The van der Waals surface area contributed by atoms with Gasteiger partial charge in [0.25, 0.3) is 5.91 Å². The van der Waals surface area contributed by atoms with Crippen LogP contribution in [0.1, 0.15) is 21.5 Å². The van der Waals surface area contributed by atoms with E-state index >= 15 is 0 Å². The molecule has 0 spiro atoms. The number of aromatic hydroxyl groups is 1. The number of nitrogens with one attached hydrogen (secondary N) is 1. The zero-order valence-corrected chi connectivity index (χ0v) is 10.7. The fraction of sp³-hybridized carbons (Fsp3) is 0.133. The topological polar surface area (TPSA) is 75.3 Å². The molecule has 0 atom stereocenters. The average Bonchev–Trinajstić information content (AvgIpc) is 2.42. The summed E-state index contributed by atoms with van der Waals surface area (Å²) < 4.78 is 0. The van der Waals surface area contributed by atoms with Gasteiger partial charge in [0, 0.05) is 12.1 Å². The first-order valence-electron chi connectivity index (χ1n) is 6.00.